The van der Waals surface area contributed by atoms with Crippen LogP contribution in [0.15, 0.2) is 0 Å². The van der Waals surface area contributed by atoms with E-state index in [0.29, 0.717) is 6.04 Å². The Kier molecular flexibility index (Phi) is 3.12. The van der Waals surface area contributed by atoms with Crippen molar-refractivity contribution in [2.45, 2.75) is 25.8 Å². The summed E-state index contributed by atoms with van der Waals surface area (Å²) in [5.74, 6) is 4.15. The first-order valence-corrected chi connectivity index (χ1v) is 4.22. The maximum Gasteiger partial charge on any atom is 0.381 e. The van der Waals surface area contributed by atoms with Crippen LogP contribution >= 0.6 is 0 Å². The number of carboxylic acids is 1. The van der Waals surface area contributed by atoms with Gasteiger partial charge in [0.15, 0.2) is 0 Å². The summed E-state index contributed by atoms with van der Waals surface area (Å²) in [6.07, 6.45) is 1.98. The molecule has 1 fully saturated rings. The molecular weight excluding hydrogens is 154 g/mol. The SMILES string of the molecule is CCC1NCCC1C#CC(=O)O. The Hall–Kier alpha value is -1.01. The summed E-state index contributed by atoms with van der Waals surface area (Å²) in [6, 6.07) is 0.386. The minimum Gasteiger partial charge on any atom is -0.472 e. The summed E-state index contributed by atoms with van der Waals surface area (Å²) in [5.41, 5.74) is 0. The van der Waals surface area contributed by atoms with E-state index in [1.807, 2.05) is 0 Å². The predicted molar refractivity (Wildman–Crippen MR) is 45.6 cm³/mol. The van der Waals surface area contributed by atoms with Crippen molar-refractivity contribution in [1.29, 1.82) is 0 Å². The monoisotopic (exact) mass is 167 g/mol. The van der Waals surface area contributed by atoms with E-state index in [0.717, 1.165) is 19.4 Å². The molecule has 1 saturated heterocycles. The molecule has 0 bridgehead atoms. The second kappa shape index (κ2) is 4.13. The topological polar surface area (TPSA) is 49.3 Å². The zero-order valence-corrected chi connectivity index (χ0v) is 7.13. The molecule has 1 aliphatic rings. The summed E-state index contributed by atoms with van der Waals surface area (Å²) in [6.45, 7) is 3.04. The van der Waals surface area contributed by atoms with Gasteiger partial charge in [0.2, 0.25) is 0 Å². The van der Waals surface area contributed by atoms with Crippen molar-refractivity contribution in [3.63, 3.8) is 0 Å². The van der Waals surface area contributed by atoms with Gasteiger partial charge in [-0.1, -0.05) is 12.8 Å². The van der Waals surface area contributed by atoms with Gasteiger partial charge in [-0.3, -0.25) is 0 Å². The fraction of sp³-hybridized carbons (Fsp3) is 0.667. The Bertz CT molecular complexity index is 226. The fourth-order valence-corrected chi connectivity index (χ4v) is 1.52. The van der Waals surface area contributed by atoms with Crippen LogP contribution in [-0.2, 0) is 4.79 Å². The summed E-state index contributed by atoms with van der Waals surface area (Å²) in [5, 5.41) is 11.6. The van der Waals surface area contributed by atoms with Crippen LogP contribution in [0, 0.1) is 17.8 Å². The molecular formula is C9H13NO2. The fourth-order valence-electron chi connectivity index (χ4n) is 1.52. The average molecular weight is 167 g/mol. The van der Waals surface area contributed by atoms with Crippen LogP contribution in [0.5, 0.6) is 0 Å². The first kappa shape index (κ1) is 9.08. The highest BCUT2D eigenvalue weighted by atomic mass is 16.4. The molecule has 12 heavy (non-hydrogen) atoms. The van der Waals surface area contributed by atoms with Crippen LogP contribution in [0.2, 0.25) is 0 Å². The largest absolute Gasteiger partial charge is 0.472 e. The van der Waals surface area contributed by atoms with E-state index in [1.54, 1.807) is 0 Å². The second-order valence-corrected chi connectivity index (χ2v) is 2.94. The van der Waals surface area contributed by atoms with Crippen LogP contribution in [0.25, 0.3) is 0 Å². The lowest BCUT2D eigenvalue weighted by atomic mass is 10.00. The minimum absolute atomic E-state index is 0.228. The highest BCUT2D eigenvalue weighted by Crippen LogP contribution is 2.16. The molecule has 3 nitrogen and oxygen atoms in total. The number of hydrogen-bond acceptors (Lipinski definition) is 2. The number of nitrogens with one attached hydrogen (secondary N) is 1. The zero-order valence-electron chi connectivity index (χ0n) is 7.13. The quantitative estimate of drug-likeness (QED) is 0.558. The average Bonchev–Trinajstić information content (AvgIpc) is 2.47. The number of aliphatic carboxylic acids is 1. The second-order valence-electron chi connectivity index (χ2n) is 2.94. The predicted octanol–water partition coefficient (Wildman–Crippen LogP) is 0.463. The lowest BCUT2D eigenvalue weighted by molar-refractivity contribution is -0.130. The van der Waals surface area contributed by atoms with Gasteiger partial charge in [-0.15, -0.1) is 0 Å². The van der Waals surface area contributed by atoms with E-state index >= 15 is 0 Å². The third kappa shape index (κ3) is 2.24. The van der Waals surface area contributed by atoms with E-state index in [4.69, 9.17) is 5.11 Å². The van der Waals surface area contributed by atoms with Crippen molar-refractivity contribution in [3.8, 4) is 11.8 Å². The lowest BCUT2D eigenvalue weighted by Gasteiger charge is -2.10. The molecule has 0 saturated carbocycles. The number of carboxylic acid groups (broad SMARTS) is 1. The molecule has 0 radical (unpaired) electrons. The molecule has 66 valence electrons. The maximum absolute atomic E-state index is 10.2. The molecule has 0 amide bonds. The summed E-state index contributed by atoms with van der Waals surface area (Å²) in [7, 11) is 0. The lowest BCUT2D eigenvalue weighted by Crippen LogP contribution is -2.25. The van der Waals surface area contributed by atoms with Gasteiger partial charge in [-0.25, -0.2) is 4.79 Å². The summed E-state index contributed by atoms with van der Waals surface area (Å²) < 4.78 is 0. The van der Waals surface area contributed by atoms with Gasteiger partial charge >= 0.3 is 5.97 Å². The zero-order chi connectivity index (χ0) is 8.97. The Morgan fingerprint density at radius 2 is 2.50 bits per heavy atom. The van der Waals surface area contributed by atoms with E-state index in [1.165, 1.54) is 0 Å². The van der Waals surface area contributed by atoms with Gasteiger partial charge < -0.3 is 10.4 Å². The van der Waals surface area contributed by atoms with Crippen LogP contribution in [0.1, 0.15) is 19.8 Å². The highest BCUT2D eigenvalue weighted by Gasteiger charge is 2.23. The smallest absolute Gasteiger partial charge is 0.381 e. The van der Waals surface area contributed by atoms with Crippen molar-refractivity contribution in [2.24, 2.45) is 5.92 Å². The molecule has 1 aliphatic heterocycles. The Morgan fingerprint density at radius 3 is 3.08 bits per heavy atom. The van der Waals surface area contributed by atoms with Gasteiger partial charge in [-0.05, 0) is 19.4 Å². The third-order valence-corrected chi connectivity index (χ3v) is 2.15. The molecule has 1 rings (SSSR count). The van der Waals surface area contributed by atoms with Crippen LogP contribution < -0.4 is 5.32 Å². The first-order chi connectivity index (χ1) is 5.74. The standard InChI is InChI=1S/C9H13NO2/c1-2-8-7(5-6-10-8)3-4-9(11)12/h7-8,10H,2,5-6H2,1H3,(H,11,12). The Morgan fingerprint density at radius 1 is 1.75 bits per heavy atom. The molecule has 0 spiro atoms. The molecule has 0 aromatic carbocycles. The molecule has 3 heteroatoms. The molecule has 1 heterocycles. The van der Waals surface area contributed by atoms with Crippen LogP contribution in [0.3, 0.4) is 0 Å². The van der Waals surface area contributed by atoms with E-state index in [9.17, 15) is 4.79 Å². The molecule has 0 aromatic heterocycles. The van der Waals surface area contributed by atoms with Crippen molar-refractivity contribution in [2.75, 3.05) is 6.54 Å². The van der Waals surface area contributed by atoms with Crippen molar-refractivity contribution < 1.29 is 9.90 Å². The van der Waals surface area contributed by atoms with E-state index < -0.39 is 5.97 Å². The van der Waals surface area contributed by atoms with Crippen molar-refractivity contribution in [3.05, 3.63) is 0 Å². The molecule has 0 aromatic rings. The Balaban J connectivity index is 2.52. The number of hydrogen-bond donors (Lipinski definition) is 2. The van der Waals surface area contributed by atoms with Crippen molar-refractivity contribution in [1.82, 2.24) is 5.32 Å². The van der Waals surface area contributed by atoms with Crippen LogP contribution in [-0.4, -0.2) is 23.7 Å². The third-order valence-electron chi connectivity index (χ3n) is 2.15. The summed E-state index contributed by atoms with van der Waals surface area (Å²) >= 11 is 0. The number of carbonyl (C=O) groups is 1. The molecule has 0 aliphatic carbocycles. The van der Waals surface area contributed by atoms with Gasteiger partial charge in [-0.2, -0.15) is 0 Å². The number of rotatable bonds is 1. The maximum atomic E-state index is 10.2. The van der Waals surface area contributed by atoms with E-state index in [2.05, 4.69) is 24.1 Å². The molecule has 2 atom stereocenters. The van der Waals surface area contributed by atoms with E-state index in [-0.39, 0.29) is 5.92 Å². The normalized spacial score (nSPS) is 27.8. The first-order valence-electron chi connectivity index (χ1n) is 4.22. The highest BCUT2D eigenvalue weighted by molar-refractivity contribution is 5.86. The summed E-state index contributed by atoms with van der Waals surface area (Å²) in [4.78, 5) is 10.2. The van der Waals surface area contributed by atoms with Gasteiger partial charge in [0.1, 0.15) is 0 Å². The molecule has 2 unspecified atom stereocenters. The van der Waals surface area contributed by atoms with Gasteiger partial charge in [0.25, 0.3) is 0 Å². The van der Waals surface area contributed by atoms with Crippen LogP contribution in [0.4, 0.5) is 0 Å². The van der Waals surface area contributed by atoms with Gasteiger partial charge in [0, 0.05) is 17.9 Å². The van der Waals surface area contributed by atoms with Crippen molar-refractivity contribution >= 4 is 5.97 Å². The Labute approximate surface area is 72.2 Å². The van der Waals surface area contributed by atoms with Gasteiger partial charge in [0.05, 0.1) is 0 Å². The minimum atomic E-state index is -1.03. The molecule has 2 N–H and O–H groups in total.